The van der Waals surface area contributed by atoms with Gasteiger partial charge in [-0.1, -0.05) is 31.0 Å². The molecule has 3 atom stereocenters. The molecule has 2 aliphatic carbocycles. The molecule has 0 aromatic heterocycles. The van der Waals surface area contributed by atoms with E-state index in [4.69, 9.17) is 14.2 Å². The van der Waals surface area contributed by atoms with Gasteiger partial charge in [0.05, 0.1) is 50.6 Å². The van der Waals surface area contributed by atoms with Crippen LogP contribution in [0, 0.1) is 17.8 Å². The second-order valence-electron chi connectivity index (χ2n) is 11.9. The molecule has 43 heavy (non-hydrogen) atoms. The van der Waals surface area contributed by atoms with Gasteiger partial charge in [0.2, 0.25) is 5.91 Å². The first kappa shape index (κ1) is 31.3. The minimum Gasteiger partial charge on any atom is -0.495 e. The van der Waals surface area contributed by atoms with Gasteiger partial charge in [0, 0.05) is 23.0 Å². The highest BCUT2D eigenvalue weighted by Gasteiger charge is 2.44. The van der Waals surface area contributed by atoms with Gasteiger partial charge in [0.15, 0.2) is 0 Å². The molecule has 2 aromatic rings. The van der Waals surface area contributed by atoms with Crippen molar-refractivity contribution in [3.63, 3.8) is 0 Å². The summed E-state index contributed by atoms with van der Waals surface area (Å²) in [6.07, 6.45) is 8.33. The van der Waals surface area contributed by atoms with Crippen molar-refractivity contribution in [3.8, 4) is 5.75 Å². The van der Waals surface area contributed by atoms with E-state index in [-0.39, 0.29) is 42.4 Å². The van der Waals surface area contributed by atoms with Gasteiger partial charge in [-0.05, 0) is 90.2 Å². The molecule has 5 rings (SSSR count). The molecule has 1 heterocycles. The number of carbonyl (C=O) groups is 3. The smallest absolute Gasteiger partial charge is 0.323 e. The number of urea groups is 1. The quantitative estimate of drug-likeness (QED) is 0.303. The second-order valence-corrected chi connectivity index (χ2v) is 12.8. The summed E-state index contributed by atoms with van der Waals surface area (Å²) in [6, 6.07) is 12.7. The average molecular weight is 657 g/mol. The van der Waals surface area contributed by atoms with Crippen molar-refractivity contribution in [1.82, 2.24) is 4.90 Å². The van der Waals surface area contributed by atoms with E-state index in [1.54, 1.807) is 19.2 Å². The Balaban J connectivity index is 1.17. The maximum atomic E-state index is 13.7. The number of likely N-dealkylation sites (tertiary alicyclic amines) is 1. The summed E-state index contributed by atoms with van der Waals surface area (Å²) in [6.45, 7) is 1.38. The zero-order valence-electron chi connectivity index (χ0n) is 25.0. The van der Waals surface area contributed by atoms with Crippen LogP contribution in [0.5, 0.6) is 5.75 Å². The number of para-hydroxylation sites is 1. The summed E-state index contributed by atoms with van der Waals surface area (Å²) in [7, 11) is 3.01. The summed E-state index contributed by atoms with van der Waals surface area (Å²) in [5, 5.41) is 5.66. The first-order valence-electron chi connectivity index (χ1n) is 15.3. The Kier molecular flexibility index (Phi) is 10.6. The minimum absolute atomic E-state index is 0.00971. The summed E-state index contributed by atoms with van der Waals surface area (Å²) in [4.78, 5) is 40.2. The summed E-state index contributed by atoms with van der Waals surface area (Å²) in [5.74, 6) is 1.29. The van der Waals surface area contributed by atoms with Crippen LogP contribution in [-0.4, -0.2) is 62.3 Å². The molecule has 1 saturated heterocycles. The number of rotatable bonds is 9. The molecule has 3 amide bonds. The molecular formula is C33H42BrN3O6. The van der Waals surface area contributed by atoms with Gasteiger partial charge in [0.25, 0.3) is 0 Å². The van der Waals surface area contributed by atoms with Crippen LogP contribution in [0.1, 0.15) is 56.9 Å². The van der Waals surface area contributed by atoms with Crippen LogP contribution in [0.15, 0.2) is 46.9 Å². The van der Waals surface area contributed by atoms with Gasteiger partial charge in [-0.2, -0.15) is 0 Å². The largest absolute Gasteiger partial charge is 0.495 e. The maximum absolute atomic E-state index is 13.7. The normalized spacial score (nSPS) is 25.0. The number of fused-ring (bicyclic) bond motifs is 1. The number of carbonyl (C=O) groups excluding carboxylic acids is 3. The summed E-state index contributed by atoms with van der Waals surface area (Å²) >= 11 is 3.43. The average Bonchev–Trinajstić information content (AvgIpc) is 3.40. The summed E-state index contributed by atoms with van der Waals surface area (Å²) in [5.41, 5.74) is 2.02. The standard InChI is InChI=1S/C33H42BrN3O6/c1-41-30-17-21(11-16-28(30)36-33(40)35-27-9-5-4-8-26(27)34)18-31(38)37-19-23(25-7-3-6-10-29(25)37)20-43-24-14-12-22(13-15-24)32(39)42-2/h4-5,8-9,11,16-17,22-25,29H,3,6-7,10,12-15,18-20H2,1-2H3,(H2,35,36,40). The molecule has 2 aromatic carbocycles. The Bertz CT molecular complexity index is 1300. The Hall–Kier alpha value is -3.11. The van der Waals surface area contributed by atoms with Crippen LogP contribution in [0.4, 0.5) is 16.2 Å². The molecule has 232 valence electrons. The number of nitrogens with zero attached hydrogens (tertiary/aromatic N) is 1. The fourth-order valence-electron chi connectivity index (χ4n) is 7.02. The van der Waals surface area contributed by atoms with Gasteiger partial charge in [-0.25, -0.2) is 4.79 Å². The van der Waals surface area contributed by atoms with Crippen molar-refractivity contribution in [2.24, 2.45) is 17.8 Å². The van der Waals surface area contributed by atoms with Crippen molar-refractivity contribution >= 4 is 45.2 Å². The minimum atomic E-state index is -0.390. The number of hydrogen-bond donors (Lipinski definition) is 2. The zero-order valence-corrected chi connectivity index (χ0v) is 26.6. The second kappa shape index (κ2) is 14.6. The number of hydrogen-bond acceptors (Lipinski definition) is 6. The van der Waals surface area contributed by atoms with E-state index in [9.17, 15) is 14.4 Å². The van der Waals surface area contributed by atoms with E-state index in [2.05, 4.69) is 31.5 Å². The van der Waals surface area contributed by atoms with E-state index >= 15 is 0 Å². The van der Waals surface area contributed by atoms with Crippen LogP contribution in [-0.2, 0) is 25.5 Å². The Morgan fingerprint density at radius 3 is 2.42 bits per heavy atom. The van der Waals surface area contributed by atoms with E-state index in [1.165, 1.54) is 13.5 Å². The van der Waals surface area contributed by atoms with Crippen molar-refractivity contribution < 1.29 is 28.6 Å². The Morgan fingerprint density at radius 1 is 0.930 bits per heavy atom. The number of nitrogens with one attached hydrogen (secondary N) is 2. The van der Waals surface area contributed by atoms with Crippen molar-refractivity contribution in [3.05, 3.63) is 52.5 Å². The van der Waals surface area contributed by atoms with Gasteiger partial charge >= 0.3 is 12.0 Å². The first-order valence-corrected chi connectivity index (χ1v) is 16.1. The van der Waals surface area contributed by atoms with Crippen LogP contribution < -0.4 is 15.4 Å². The highest BCUT2D eigenvalue weighted by molar-refractivity contribution is 9.10. The molecular weight excluding hydrogens is 614 g/mol. The first-order chi connectivity index (χ1) is 20.9. The number of ether oxygens (including phenoxy) is 3. The molecule has 3 aliphatic rings. The number of methoxy groups -OCH3 is 2. The lowest BCUT2D eigenvalue weighted by molar-refractivity contribution is -0.147. The van der Waals surface area contributed by atoms with E-state index < -0.39 is 0 Å². The maximum Gasteiger partial charge on any atom is 0.323 e. The third-order valence-electron chi connectivity index (χ3n) is 9.29. The topological polar surface area (TPSA) is 106 Å². The summed E-state index contributed by atoms with van der Waals surface area (Å²) < 4.78 is 17.7. The highest BCUT2D eigenvalue weighted by atomic mass is 79.9. The Labute approximate surface area is 262 Å². The molecule has 0 radical (unpaired) electrons. The van der Waals surface area contributed by atoms with Crippen molar-refractivity contribution in [1.29, 1.82) is 0 Å². The molecule has 0 bridgehead atoms. The Morgan fingerprint density at radius 2 is 1.67 bits per heavy atom. The van der Waals surface area contributed by atoms with E-state index in [0.717, 1.165) is 61.5 Å². The van der Waals surface area contributed by atoms with Gasteiger partial charge in [-0.3, -0.25) is 9.59 Å². The fourth-order valence-corrected chi connectivity index (χ4v) is 7.40. The van der Waals surface area contributed by atoms with E-state index in [1.807, 2.05) is 30.3 Å². The number of esters is 1. The van der Waals surface area contributed by atoms with Gasteiger partial charge in [-0.15, -0.1) is 0 Å². The van der Waals surface area contributed by atoms with Gasteiger partial charge in [0.1, 0.15) is 5.75 Å². The lowest BCUT2D eigenvalue weighted by Crippen LogP contribution is -2.40. The molecule has 2 N–H and O–H groups in total. The van der Waals surface area contributed by atoms with Crippen LogP contribution in [0.3, 0.4) is 0 Å². The molecule has 3 unspecified atom stereocenters. The molecule has 1 aliphatic heterocycles. The fraction of sp³-hybridized carbons (Fsp3) is 0.545. The SMILES string of the molecule is COC(=O)C1CCC(OCC2CN(C(=O)Cc3ccc(NC(=O)Nc4ccccc4Br)c(OC)c3)C3CCCCC23)CC1. The number of anilines is 2. The number of benzene rings is 2. The third kappa shape index (κ3) is 7.70. The molecule has 9 nitrogen and oxygen atoms in total. The molecule has 10 heteroatoms. The van der Waals surface area contributed by atoms with Crippen molar-refractivity contribution in [2.75, 3.05) is 38.0 Å². The predicted octanol–water partition coefficient (Wildman–Crippen LogP) is 6.41. The number of halogens is 1. The van der Waals surface area contributed by atoms with Crippen molar-refractivity contribution in [2.45, 2.75) is 69.9 Å². The van der Waals surface area contributed by atoms with Gasteiger partial charge < -0.3 is 29.7 Å². The van der Waals surface area contributed by atoms with Crippen LogP contribution >= 0.6 is 15.9 Å². The van der Waals surface area contributed by atoms with Crippen LogP contribution in [0.25, 0.3) is 0 Å². The lowest BCUT2D eigenvalue weighted by Gasteiger charge is -2.33. The molecule has 2 saturated carbocycles. The highest BCUT2D eigenvalue weighted by Crippen LogP contribution is 2.41. The lowest BCUT2D eigenvalue weighted by atomic mass is 9.80. The number of amides is 3. The van der Waals surface area contributed by atoms with E-state index in [0.29, 0.717) is 35.6 Å². The molecule has 0 spiro atoms. The van der Waals surface area contributed by atoms with Crippen LogP contribution in [0.2, 0.25) is 0 Å². The monoisotopic (exact) mass is 655 g/mol. The predicted molar refractivity (Wildman–Crippen MR) is 168 cm³/mol. The molecule has 3 fully saturated rings. The zero-order chi connectivity index (χ0) is 30.3. The third-order valence-corrected chi connectivity index (χ3v) is 9.98.